The highest BCUT2D eigenvalue weighted by Crippen LogP contribution is 1.80. The molecule has 0 aliphatic heterocycles. The number of rotatable bonds is 0. The van der Waals surface area contributed by atoms with Crippen molar-refractivity contribution in [3.8, 4) is 0 Å². The number of aryl methyl sites for hydroxylation is 1. The van der Waals surface area contributed by atoms with E-state index in [9.17, 15) is 4.21 Å². The first-order valence-electron chi connectivity index (χ1n) is 2.95. The maximum Gasteiger partial charge on any atom is 0.0148 e. The summed E-state index contributed by atoms with van der Waals surface area (Å²) in [5.41, 5.74) is 0. The zero-order valence-electron chi connectivity index (χ0n) is 6.57. The molecule has 0 amide bonds. The Labute approximate surface area is 64.3 Å². The fraction of sp³-hybridized carbons (Fsp3) is 0.429. The van der Waals surface area contributed by atoms with Gasteiger partial charge in [0.2, 0.25) is 0 Å². The van der Waals surface area contributed by atoms with Crippen molar-refractivity contribution in [2.75, 3.05) is 12.5 Å². The summed E-state index contributed by atoms with van der Waals surface area (Å²) in [6.45, 7) is 0. The summed E-state index contributed by atoms with van der Waals surface area (Å²) in [6, 6.07) is 4.00. The van der Waals surface area contributed by atoms with E-state index in [4.69, 9.17) is 0 Å². The molecule has 0 fully saturated rings. The van der Waals surface area contributed by atoms with Crippen LogP contribution in [-0.2, 0) is 17.8 Å². The molecule has 0 aliphatic carbocycles. The molecular formula is C7H13NOS. The highest BCUT2D eigenvalue weighted by atomic mass is 32.2. The SMILES string of the molecule is CS(C)=O.Cn1cccc1. The maximum atomic E-state index is 9.56. The summed E-state index contributed by atoms with van der Waals surface area (Å²) in [6.07, 6.45) is 7.28. The van der Waals surface area contributed by atoms with E-state index in [1.807, 2.05) is 36.1 Å². The second-order valence-corrected chi connectivity index (χ2v) is 3.57. The Bertz CT molecular complexity index is 177. The van der Waals surface area contributed by atoms with Crippen LogP contribution in [0, 0.1) is 0 Å². The molecule has 1 heterocycles. The van der Waals surface area contributed by atoms with Crippen molar-refractivity contribution < 1.29 is 4.21 Å². The molecule has 58 valence electrons. The molecule has 1 aromatic rings. The third kappa shape index (κ3) is 7.43. The summed E-state index contributed by atoms with van der Waals surface area (Å²) in [4.78, 5) is 0. The van der Waals surface area contributed by atoms with Gasteiger partial charge in [0.25, 0.3) is 0 Å². The Hall–Kier alpha value is -0.570. The first-order valence-corrected chi connectivity index (χ1v) is 4.91. The van der Waals surface area contributed by atoms with Crippen molar-refractivity contribution in [1.82, 2.24) is 4.57 Å². The fourth-order valence-electron chi connectivity index (χ4n) is 0.421. The van der Waals surface area contributed by atoms with Gasteiger partial charge in [-0.05, 0) is 12.1 Å². The van der Waals surface area contributed by atoms with E-state index in [-0.39, 0.29) is 0 Å². The molecule has 0 bridgehead atoms. The molecule has 0 aliphatic rings. The van der Waals surface area contributed by atoms with E-state index in [2.05, 4.69) is 0 Å². The largest absolute Gasteiger partial charge is 0.357 e. The molecule has 10 heavy (non-hydrogen) atoms. The van der Waals surface area contributed by atoms with Crippen molar-refractivity contribution in [2.24, 2.45) is 7.05 Å². The molecule has 0 aromatic carbocycles. The van der Waals surface area contributed by atoms with Crippen molar-refractivity contribution in [1.29, 1.82) is 0 Å². The highest BCUT2D eigenvalue weighted by molar-refractivity contribution is 7.83. The van der Waals surface area contributed by atoms with Crippen LogP contribution < -0.4 is 0 Å². The van der Waals surface area contributed by atoms with Crippen LogP contribution >= 0.6 is 0 Å². The lowest BCUT2D eigenvalue weighted by Crippen LogP contribution is -1.75. The molecule has 0 spiro atoms. The third-order valence-electron chi connectivity index (χ3n) is 0.754. The van der Waals surface area contributed by atoms with Gasteiger partial charge in [-0.15, -0.1) is 0 Å². The Morgan fingerprint density at radius 3 is 1.60 bits per heavy atom. The summed E-state index contributed by atoms with van der Waals surface area (Å²) >= 11 is 0. The fourth-order valence-corrected chi connectivity index (χ4v) is 0.421. The van der Waals surface area contributed by atoms with Crippen LogP contribution in [0.5, 0.6) is 0 Å². The smallest absolute Gasteiger partial charge is 0.0148 e. The average molecular weight is 159 g/mol. The minimum Gasteiger partial charge on any atom is -0.357 e. The van der Waals surface area contributed by atoms with Gasteiger partial charge in [0.15, 0.2) is 0 Å². The van der Waals surface area contributed by atoms with Gasteiger partial charge < -0.3 is 4.57 Å². The van der Waals surface area contributed by atoms with Crippen molar-refractivity contribution in [2.45, 2.75) is 0 Å². The summed E-state index contributed by atoms with van der Waals surface area (Å²) in [5, 5.41) is 0. The van der Waals surface area contributed by atoms with Gasteiger partial charge in [-0.2, -0.15) is 0 Å². The van der Waals surface area contributed by atoms with Crippen LogP contribution in [0.25, 0.3) is 0 Å². The molecule has 1 rings (SSSR count). The average Bonchev–Trinajstić information content (AvgIpc) is 2.15. The number of aromatic nitrogens is 1. The molecule has 0 radical (unpaired) electrons. The van der Waals surface area contributed by atoms with Gasteiger partial charge in [0.05, 0.1) is 0 Å². The van der Waals surface area contributed by atoms with Crippen LogP contribution in [0.4, 0.5) is 0 Å². The van der Waals surface area contributed by atoms with Gasteiger partial charge in [-0.1, -0.05) is 0 Å². The number of nitrogens with zero attached hydrogens (tertiary/aromatic N) is 1. The Balaban J connectivity index is 0.000000180. The number of hydrogen-bond donors (Lipinski definition) is 0. The maximum absolute atomic E-state index is 9.56. The Kier molecular flexibility index (Phi) is 4.94. The van der Waals surface area contributed by atoms with Gasteiger partial charge in [0.1, 0.15) is 0 Å². The van der Waals surface area contributed by atoms with Crippen molar-refractivity contribution in [3.05, 3.63) is 24.5 Å². The van der Waals surface area contributed by atoms with E-state index in [1.54, 1.807) is 12.5 Å². The van der Waals surface area contributed by atoms with Crippen LogP contribution in [0.1, 0.15) is 0 Å². The molecular weight excluding hydrogens is 146 g/mol. The van der Waals surface area contributed by atoms with Gasteiger partial charge in [0, 0.05) is 42.8 Å². The van der Waals surface area contributed by atoms with Crippen molar-refractivity contribution in [3.63, 3.8) is 0 Å². The van der Waals surface area contributed by atoms with Crippen LogP contribution in [-0.4, -0.2) is 21.3 Å². The molecule has 0 atom stereocenters. The zero-order chi connectivity index (χ0) is 7.98. The lowest BCUT2D eigenvalue weighted by molar-refractivity contribution is 0.690. The van der Waals surface area contributed by atoms with Crippen LogP contribution in [0.2, 0.25) is 0 Å². The van der Waals surface area contributed by atoms with Gasteiger partial charge in [-0.25, -0.2) is 0 Å². The lowest BCUT2D eigenvalue weighted by atomic mass is 10.7. The molecule has 0 saturated carbocycles. The minimum atomic E-state index is -0.611. The summed E-state index contributed by atoms with van der Waals surface area (Å²) in [7, 11) is 1.39. The van der Waals surface area contributed by atoms with E-state index in [1.165, 1.54) is 0 Å². The summed E-state index contributed by atoms with van der Waals surface area (Å²) in [5.74, 6) is 0. The summed E-state index contributed by atoms with van der Waals surface area (Å²) < 4.78 is 11.6. The Morgan fingerprint density at radius 2 is 1.50 bits per heavy atom. The monoisotopic (exact) mass is 159 g/mol. The third-order valence-corrected chi connectivity index (χ3v) is 0.754. The van der Waals surface area contributed by atoms with E-state index in [0.717, 1.165) is 0 Å². The molecule has 0 N–H and O–H groups in total. The second-order valence-electron chi connectivity index (χ2n) is 2.09. The first kappa shape index (κ1) is 9.43. The standard InChI is InChI=1S/C5H7N.C2H6OS/c1-6-4-2-3-5-6;1-4(2)3/h2-5H,1H3;1-2H3. The van der Waals surface area contributed by atoms with Crippen molar-refractivity contribution >= 4 is 10.8 Å². The van der Waals surface area contributed by atoms with Crippen LogP contribution in [0.15, 0.2) is 24.5 Å². The highest BCUT2D eigenvalue weighted by Gasteiger charge is 1.68. The second kappa shape index (κ2) is 5.23. The van der Waals surface area contributed by atoms with Gasteiger partial charge >= 0.3 is 0 Å². The van der Waals surface area contributed by atoms with Gasteiger partial charge in [-0.3, -0.25) is 4.21 Å². The quantitative estimate of drug-likeness (QED) is 0.554. The van der Waals surface area contributed by atoms with E-state index < -0.39 is 10.8 Å². The molecule has 1 aromatic heterocycles. The molecule has 0 saturated heterocycles. The normalized spacial score (nSPS) is 8.80. The molecule has 2 nitrogen and oxygen atoms in total. The predicted molar refractivity (Wildman–Crippen MR) is 45.4 cm³/mol. The predicted octanol–water partition coefficient (Wildman–Crippen LogP) is 1.02. The van der Waals surface area contributed by atoms with E-state index in [0.29, 0.717) is 0 Å². The topological polar surface area (TPSA) is 22.0 Å². The molecule has 0 unspecified atom stereocenters. The molecule has 3 heteroatoms. The van der Waals surface area contributed by atoms with Crippen LogP contribution in [0.3, 0.4) is 0 Å². The van der Waals surface area contributed by atoms with E-state index >= 15 is 0 Å². The number of hydrogen-bond acceptors (Lipinski definition) is 1. The lowest BCUT2D eigenvalue weighted by Gasteiger charge is -1.79. The minimum absolute atomic E-state index is 0.611. The zero-order valence-corrected chi connectivity index (χ0v) is 7.39. The first-order chi connectivity index (χ1) is 4.63. The Morgan fingerprint density at radius 1 is 1.20 bits per heavy atom.